The largest absolute Gasteiger partial charge is 0.870 e. The number of H-pyrrole nitrogens is 2. The number of alkyl halides is 2. The van der Waals surface area contributed by atoms with Gasteiger partial charge in [0.25, 0.3) is 0 Å². The first kappa shape index (κ1) is 31.0. The van der Waals surface area contributed by atoms with Crippen LogP contribution in [0.2, 0.25) is 10.0 Å². The lowest BCUT2D eigenvalue weighted by Crippen LogP contribution is -2.21. The van der Waals surface area contributed by atoms with Gasteiger partial charge in [0.05, 0.1) is 6.61 Å². The monoisotopic (exact) mass is 622 g/mol. The maximum absolute atomic E-state index is 13.0. The van der Waals surface area contributed by atoms with Gasteiger partial charge in [-0.1, -0.05) is 47.5 Å². The number of esters is 2. The molecule has 1 atom stereocenters. The molecule has 0 aliphatic heterocycles. The van der Waals surface area contributed by atoms with Crippen LogP contribution in [-0.4, -0.2) is 42.2 Å². The predicted octanol–water partition coefficient (Wildman–Crippen LogP) is 6.19. The zero-order valence-corrected chi connectivity index (χ0v) is 23.5. The van der Waals surface area contributed by atoms with Gasteiger partial charge in [-0.15, -0.1) is 0 Å². The van der Waals surface area contributed by atoms with Crippen molar-refractivity contribution in [3.8, 4) is 11.5 Å². The second-order valence-electron chi connectivity index (χ2n) is 9.50. The first-order chi connectivity index (χ1) is 19.8. The summed E-state index contributed by atoms with van der Waals surface area (Å²) in [5.41, 5.74) is 1.82. The number of benzene rings is 2. The van der Waals surface area contributed by atoms with Gasteiger partial charge in [-0.3, -0.25) is 0 Å². The third-order valence-electron chi connectivity index (χ3n) is 6.46. The van der Waals surface area contributed by atoms with Crippen molar-refractivity contribution in [2.75, 3.05) is 13.2 Å². The van der Waals surface area contributed by atoms with Gasteiger partial charge in [0, 0.05) is 22.9 Å². The van der Waals surface area contributed by atoms with E-state index >= 15 is 0 Å². The molecule has 0 radical (unpaired) electrons. The number of ether oxygens (including phenoxy) is 4. The van der Waals surface area contributed by atoms with Crippen molar-refractivity contribution in [3.63, 3.8) is 0 Å². The summed E-state index contributed by atoms with van der Waals surface area (Å²) in [5.74, 6) is -1.30. The minimum Gasteiger partial charge on any atom is -0.870 e. The van der Waals surface area contributed by atoms with Gasteiger partial charge in [-0.2, -0.15) is 8.78 Å². The van der Waals surface area contributed by atoms with Crippen LogP contribution >= 0.6 is 23.2 Å². The molecule has 5 rings (SSSR count). The molecule has 1 aliphatic carbocycles. The zero-order valence-electron chi connectivity index (χ0n) is 21.9. The van der Waals surface area contributed by atoms with Crippen molar-refractivity contribution in [1.82, 2.24) is 4.98 Å². The van der Waals surface area contributed by atoms with Crippen LogP contribution in [0, 0.1) is 5.92 Å². The van der Waals surface area contributed by atoms with Crippen LogP contribution in [0.3, 0.4) is 0 Å². The molecule has 222 valence electrons. The van der Waals surface area contributed by atoms with Gasteiger partial charge in [-0.05, 0) is 48.6 Å². The van der Waals surface area contributed by atoms with E-state index in [9.17, 15) is 18.4 Å². The fraction of sp³-hybridized carbons (Fsp3) is 0.276. The first-order valence-electron chi connectivity index (χ1n) is 12.8. The van der Waals surface area contributed by atoms with Crippen molar-refractivity contribution >= 4 is 46.0 Å². The highest BCUT2D eigenvalue weighted by molar-refractivity contribution is 6.35. The van der Waals surface area contributed by atoms with Crippen LogP contribution in [0.25, 0.3) is 10.9 Å². The highest BCUT2D eigenvalue weighted by atomic mass is 35.5. The average molecular weight is 623 g/mol. The Kier molecular flexibility index (Phi) is 10.2. The number of para-hydroxylation sites is 1. The van der Waals surface area contributed by atoms with Crippen molar-refractivity contribution in [3.05, 3.63) is 87.8 Å². The summed E-state index contributed by atoms with van der Waals surface area (Å²) < 4.78 is 47.4. The van der Waals surface area contributed by atoms with Crippen LogP contribution in [-0.2, 0) is 20.7 Å². The number of carbonyl (C=O) groups excluding carboxylic acids is 2. The van der Waals surface area contributed by atoms with Crippen molar-refractivity contribution in [1.29, 1.82) is 0 Å². The maximum atomic E-state index is 13.0. The fourth-order valence-electron chi connectivity index (χ4n) is 4.19. The Morgan fingerprint density at radius 2 is 1.76 bits per heavy atom. The molecule has 2 heterocycles. The number of rotatable bonds is 12. The fourth-order valence-corrected chi connectivity index (χ4v) is 4.72. The van der Waals surface area contributed by atoms with E-state index in [4.69, 9.17) is 37.4 Å². The van der Waals surface area contributed by atoms with Crippen LogP contribution in [0.15, 0.2) is 60.9 Å². The predicted molar refractivity (Wildman–Crippen MR) is 147 cm³/mol. The van der Waals surface area contributed by atoms with Crippen LogP contribution in [0.1, 0.15) is 40.6 Å². The number of halogens is 4. The van der Waals surface area contributed by atoms with Crippen molar-refractivity contribution in [2.24, 2.45) is 5.92 Å². The molecule has 3 N–H and O–H groups in total. The average Bonchev–Trinajstić information content (AvgIpc) is 3.67. The molecule has 1 saturated carbocycles. The second kappa shape index (κ2) is 13.8. The maximum Gasteiger partial charge on any atom is 0.387 e. The van der Waals surface area contributed by atoms with Gasteiger partial charge in [-0.25, -0.2) is 14.6 Å². The summed E-state index contributed by atoms with van der Waals surface area (Å²) in [6.07, 6.45) is 4.07. The molecule has 0 bridgehead atoms. The van der Waals surface area contributed by atoms with E-state index in [1.165, 1.54) is 30.6 Å². The highest BCUT2D eigenvalue weighted by Gasteiger charge is 2.26. The normalized spacial score (nSPS) is 13.4. The summed E-state index contributed by atoms with van der Waals surface area (Å²) >= 11 is 12.7. The molecule has 1 fully saturated rings. The smallest absolute Gasteiger partial charge is 0.387 e. The Morgan fingerprint density at radius 3 is 2.45 bits per heavy atom. The van der Waals surface area contributed by atoms with Crippen LogP contribution in [0.4, 0.5) is 8.78 Å². The molecule has 0 spiro atoms. The number of nitrogens with one attached hydrogen (secondary N) is 2. The SMILES string of the molecule is O=C(COC(=O)c1cc2ccccc2[nH]1)O[C@@H](Cc1c(Cl)c[nH+]cc1Cl)c1ccc(OC(F)F)c(OCC2CC2)c1.[OH-]. The molecule has 2 aromatic heterocycles. The minimum atomic E-state index is -3.05. The third kappa shape index (κ3) is 7.87. The minimum absolute atomic E-state index is 0. The summed E-state index contributed by atoms with van der Waals surface area (Å²) in [6, 6.07) is 13.2. The van der Waals surface area contributed by atoms with Crippen LogP contribution in [0.5, 0.6) is 11.5 Å². The molecular weight excluding hydrogens is 597 g/mol. The summed E-state index contributed by atoms with van der Waals surface area (Å²) in [4.78, 5) is 31.2. The third-order valence-corrected chi connectivity index (χ3v) is 7.13. The number of fused-ring (bicyclic) bond motifs is 1. The standard InChI is InChI=1S/C29H24Cl2F2N2O6.H2O/c30-20-12-34-13-21(31)19(20)11-25(18-7-8-24(41-29(32)33)26(10-18)38-14-16-5-6-16)40-27(36)15-39-28(37)23-9-17-3-1-2-4-22(17)35-23;/h1-4,7-10,12-13,16,25,29,35H,5-6,11,14-15H2;1H2/t25-;/m0./s1. The number of carbonyl (C=O) groups is 2. The van der Waals surface area contributed by atoms with Crippen molar-refractivity contribution in [2.45, 2.75) is 32.0 Å². The van der Waals surface area contributed by atoms with Gasteiger partial charge in [0.2, 0.25) is 0 Å². The van der Waals surface area contributed by atoms with Gasteiger partial charge < -0.3 is 29.4 Å². The number of hydrogen-bond donors (Lipinski definition) is 1. The molecule has 0 saturated heterocycles. The van der Waals surface area contributed by atoms with E-state index in [0.29, 0.717) is 33.7 Å². The Hall–Kier alpha value is -3.93. The lowest BCUT2D eigenvalue weighted by molar-refractivity contribution is -0.377. The number of hydrogen-bond acceptors (Lipinski definition) is 7. The Labute approximate surface area is 248 Å². The quantitative estimate of drug-likeness (QED) is 0.186. The van der Waals surface area contributed by atoms with Crippen LogP contribution < -0.4 is 14.5 Å². The molecule has 0 unspecified atom stereocenters. The lowest BCUT2D eigenvalue weighted by Gasteiger charge is -2.21. The zero-order chi connectivity index (χ0) is 28.9. The molecule has 13 heteroatoms. The number of pyridine rings is 1. The molecule has 9 nitrogen and oxygen atoms in total. The Bertz CT molecular complexity index is 1510. The van der Waals surface area contributed by atoms with E-state index in [1.54, 1.807) is 6.07 Å². The van der Waals surface area contributed by atoms with Gasteiger partial charge in [0.1, 0.15) is 21.8 Å². The van der Waals surface area contributed by atoms with E-state index in [2.05, 4.69) is 14.7 Å². The summed E-state index contributed by atoms with van der Waals surface area (Å²) in [5, 5.41) is 1.41. The van der Waals surface area contributed by atoms with E-state index in [-0.39, 0.29) is 29.1 Å². The van der Waals surface area contributed by atoms with Gasteiger partial charge >= 0.3 is 18.6 Å². The van der Waals surface area contributed by atoms with E-state index < -0.39 is 31.3 Å². The number of aromatic nitrogens is 2. The van der Waals surface area contributed by atoms with Crippen molar-refractivity contribution < 1.29 is 47.8 Å². The summed E-state index contributed by atoms with van der Waals surface area (Å²) in [6.45, 7) is -3.39. The molecule has 42 heavy (non-hydrogen) atoms. The molecule has 1 aliphatic rings. The lowest BCUT2D eigenvalue weighted by atomic mass is 10.0. The topological polar surface area (TPSA) is 131 Å². The highest BCUT2D eigenvalue weighted by Crippen LogP contribution is 2.37. The molecule has 4 aromatic rings. The Balaban J connectivity index is 0.00000405. The summed E-state index contributed by atoms with van der Waals surface area (Å²) in [7, 11) is 0. The number of aromatic amines is 2. The second-order valence-corrected chi connectivity index (χ2v) is 10.3. The van der Waals surface area contributed by atoms with E-state index in [1.807, 2.05) is 24.3 Å². The molecule has 2 aromatic carbocycles. The van der Waals surface area contributed by atoms with Gasteiger partial charge in [0.15, 0.2) is 30.5 Å². The Morgan fingerprint density at radius 1 is 1.02 bits per heavy atom. The van der Waals surface area contributed by atoms with E-state index in [0.717, 1.165) is 23.7 Å². The molecule has 0 amide bonds. The first-order valence-corrected chi connectivity index (χ1v) is 13.5. The molecular formula is C29H26Cl2F2N2O7.